The average molecular weight is 1010 g/mol. The second-order valence-corrected chi connectivity index (χ2v) is 23.2. The molecule has 0 amide bonds. The maximum absolute atomic E-state index is 13.4. The van der Waals surface area contributed by atoms with Gasteiger partial charge in [-0.05, 0) is 117 Å². The van der Waals surface area contributed by atoms with Gasteiger partial charge in [-0.15, -0.1) is 34.0 Å². The lowest BCUT2D eigenvalue weighted by Gasteiger charge is -2.24. The van der Waals surface area contributed by atoms with Gasteiger partial charge in [0.2, 0.25) is 0 Å². The fourth-order valence-electron chi connectivity index (χ4n) is 8.14. The fourth-order valence-corrected chi connectivity index (χ4v) is 13.3. The minimum absolute atomic E-state index is 0.269. The van der Waals surface area contributed by atoms with Gasteiger partial charge in [0, 0.05) is 53.6 Å². The van der Waals surface area contributed by atoms with E-state index in [2.05, 4.69) is 115 Å². The summed E-state index contributed by atoms with van der Waals surface area (Å²) >= 11 is 8.89. The van der Waals surface area contributed by atoms with Crippen LogP contribution in [0, 0.1) is 22.7 Å². The number of allylic oxidation sites excluding steroid dienone is 2. The third-order valence-corrected chi connectivity index (χ3v) is 18.1. The molecule has 0 fully saturated rings. The molecule has 0 saturated carbocycles. The SMILES string of the molecule is CCCCCCCCCCCCCCCCCCc1ccc(N(C/C=C\Cc2ccc(/C=C(\C#N)CS)s2)c2ccc(-c3ccc(/C=C(\C#N)c4ccc(P(=O)(OCC)OCC)s4)s3)cc2)cc1. The molecule has 0 aliphatic heterocycles. The van der Waals surface area contributed by atoms with Crippen molar-refractivity contribution in [2.24, 2.45) is 0 Å². The highest BCUT2D eigenvalue weighted by molar-refractivity contribution is 7.80. The molecule has 5 rings (SSSR count). The first-order valence-electron chi connectivity index (χ1n) is 25.0. The van der Waals surface area contributed by atoms with Gasteiger partial charge >= 0.3 is 7.60 Å². The molecule has 0 saturated heterocycles. The molecule has 0 spiro atoms. The molecule has 3 aromatic heterocycles. The van der Waals surface area contributed by atoms with Crippen molar-refractivity contribution < 1.29 is 13.6 Å². The zero-order valence-electron chi connectivity index (χ0n) is 40.6. The van der Waals surface area contributed by atoms with E-state index in [1.165, 1.54) is 125 Å². The predicted molar refractivity (Wildman–Crippen MR) is 299 cm³/mol. The molecule has 3 heterocycles. The Morgan fingerprint density at radius 2 is 1.21 bits per heavy atom. The lowest BCUT2D eigenvalue weighted by Crippen LogP contribution is -2.16. The van der Waals surface area contributed by atoms with Crippen LogP contribution in [0.4, 0.5) is 11.4 Å². The first-order valence-corrected chi connectivity index (χ1v) is 29.6. The van der Waals surface area contributed by atoms with Crippen molar-refractivity contribution in [2.75, 3.05) is 30.4 Å². The van der Waals surface area contributed by atoms with Crippen molar-refractivity contribution in [3.05, 3.63) is 128 Å². The summed E-state index contributed by atoms with van der Waals surface area (Å²) in [5, 5.41) is 19.5. The standard InChI is InChI=1S/C57H72N3O3PS4/c1-4-7-8-9-10-11-12-13-14-15-16-17-18-19-20-21-24-46-26-30-50(31-27-46)60(40-23-22-25-52-34-35-53(66-52)41-47(43-58)45-65)51-32-28-48(29-33-51)55-37-36-54(67-55)42-49(44-59)56-38-39-57(68-56)64(61,62-5-2)63-6-3/h22-23,26-39,41-42,65H,4-21,24-25,40,45H2,1-3H3/b23-22-,47-41+,49-42+. The monoisotopic (exact) mass is 1010 g/mol. The van der Waals surface area contributed by atoms with Crippen LogP contribution >= 0.6 is 54.2 Å². The number of unbranched alkanes of at least 4 members (excludes halogenated alkanes) is 15. The highest BCUT2D eigenvalue weighted by atomic mass is 32.1. The van der Waals surface area contributed by atoms with Crippen LogP contribution in [0.25, 0.3) is 28.2 Å². The smallest absolute Gasteiger partial charge is 0.338 e. The summed E-state index contributed by atoms with van der Waals surface area (Å²) in [4.78, 5) is 7.47. The normalized spacial score (nSPS) is 12.2. The van der Waals surface area contributed by atoms with E-state index in [4.69, 9.17) is 9.05 Å². The predicted octanol–water partition coefficient (Wildman–Crippen LogP) is 18.1. The summed E-state index contributed by atoms with van der Waals surface area (Å²) in [5.41, 5.74) is 5.93. The van der Waals surface area contributed by atoms with Crippen LogP contribution in [-0.4, -0.2) is 25.5 Å². The molecule has 362 valence electrons. The molecule has 68 heavy (non-hydrogen) atoms. The van der Waals surface area contributed by atoms with Crippen molar-refractivity contribution in [3.8, 4) is 22.6 Å². The lowest BCUT2D eigenvalue weighted by molar-refractivity contribution is 0.230. The third-order valence-electron chi connectivity index (χ3n) is 11.9. The molecule has 0 N–H and O–H groups in total. The second kappa shape index (κ2) is 31.3. The maximum atomic E-state index is 13.4. The number of nitrogens with zero attached hydrogens (tertiary/aromatic N) is 3. The summed E-state index contributed by atoms with van der Waals surface area (Å²) in [6, 6.07) is 34.3. The first kappa shape index (κ1) is 55.0. The van der Waals surface area contributed by atoms with Gasteiger partial charge in [-0.2, -0.15) is 23.2 Å². The van der Waals surface area contributed by atoms with Gasteiger partial charge in [-0.25, -0.2) is 0 Å². The first-order chi connectivity index (χ1) is 33.3. The van der Waals surface area contributed by atoms with Gasteiger partial charge < -0.3 is 13.9 Å². The molecule has 6 nitrogen and oxygen atoms in total. The summed E-state index contributed by atoms with van der Waals surface area (Å²) in [5.74, 6) is 0.435. The van der Waals surface area contributed by atoms with Crippen LogP contribution in [0.2, 0.25) is 0 Å². The fraction of sp³-hybridized carbons (Fsp3) is 0.439. The van der Waals surface area contributed by atoms with Crippen molar-refractivity contribution in [3.63, 3.8) is 0 Å². The number of nitriles is 2. The summed E-state index contributed by atoms with van der Waals surface area (Å²) < 4.78 is 24.9. The van der Waals surface area contributed by atoms with E-state index in [-0.39, 0.29) is 13.2 Å². The Balaban J connectivity index is 1.18. The Morgan fingerprint density at radius 1 is 0.632 bits per heavy atom. The highest BCUT2D eigenvalue weighted by Crippen LogP contribution is 2.49. The van der Waals surface area contributed by atoms with E-state index >= 15 is 0 Å². The Labute approximate surface area is 426 Å². The van der Waals surface area contributed by atoms with E-state index in [1.54, 1.807) is 42.6 Å². The lowest BCUT2D eigenvalue weighted by atomic mass is 10.0. The summed E-state index contributed by atoms with van der Waals surface area (Å²) in [6.45, 7) is 7.13. The molecule has 11 heteroatoms. The Hall–Kier alpha value is -3.96. The molecule has 5 aromatic rings. The molecule has 2 aromatic carbocycles. The Bertz CT molecular complexity index is 2440. The minimum Gasteiger partial charge on any atom is -0.338 e. The quantitative estimate of drug-likeness (QED) is 0.0148. The van der Waals surface area contributed by atoms with Crippen LogP contribution in [-0.2, 0) is 26.5 Å². The topological polar surface area (TPSA) is 86.4 Å². The zero-order valence-corrected chi connectivity index (χ0v) is 44.9. The Kier molecular flexibility index (Phi) is 25.3. The molecular formula is C57H72N3O3PS4. The molecule has 0 radical (unpaired) electrons. The number of benzene rings is 2. The van der Waals surface area contributed by atoms with Crippen LogP contribution in [0.3, 0.4) is 0 Å². The summed E-state index contributed by atoms with van der Waals surface area (Å²) in [6.07, 6.45) is 32.4. The molecule has 0 unspecified atom stereocenters. The van der Waals surface area contributed by atoms with Gasteiger partial charge in [-0.3, -0.25) is 4.57 Å². The highest BCUT2D eigenvalue weighted by Gasteiger charge is 2.29. The van der Waals surface area contributed by atoms with Gasteiger partial charge in [0.05, 0.1) is 24.9 Å². The number of aryl methyl sites for hydroxylation is 1. The summed E-state index contributed by atoms with van der Waals surface area (Å²) in [7, 11) is -3.43. The van der Waals surface area contributed by atoms with Crippen molar-refractivity contribution in [2.45, 2.75) is 136 Å². The molecule has 0 aliphatic rings. The van der Waals surface area contributed by atoms with E-state index in [0.29, 0.717) is 28.1 Å². The zero-order chi connectivity index (χ0) is 48.2. The number of thiol groups is 1. The van der Waals surface area contributed by atoms with Gasteiger partial charge in [0.15, 0.2) is 0 Å². The van der Waals surface area contributed by atoms with E-state index in [0.717, 1.165) is 49.3 Å². The number of hydrogen-bond donors (Lipinski definition) is 1. The average Bonchev–Trinajstić information content (AvgIpc) is 4.16. The maximum Gasteiger partial charge on any atom is 0.371 e. The minimum atomic E-state index is -3.43. The van der Waals surface area contributed by atoms with Crippen LogP contribution in [0.5, 0.6) is 0 Å². The third kappa shape index (κ3) is 18.4. The molecule has 0 atom stereocenters. The van der Waals surface area contributed by atoms with Gasteiger partial charge in [-0.1, -0.05) is 140 Å². The largest absolute Gasteiger partial charge is 0.371 e. The molecular weight excluding hydrogens is 934 g/mol. The van der Waals surface area contributed by atoms with E-state index in [1.807, 2.05) is 24.3 Å². The van der Waals surface area contributed by atoms with Gasteiger partial charge in [0.1, 0.15) is 10.7 Å². The van der Waals surface area contributed by atoms with Crippen molar-refractivity contribution in [1.82, 2.24) is 0 Å². The van der Waals surface area contributed by atoms with Crippen LogP contribution < -0.4 is 9.52 Å². The van der Waals surface area contributed by atoms with E-state index in [9.17, 15) is 15.1 Å². The van der Waals surface area contributed by atoms with Crippen molar-refractivity contribution in [1.29, 1.82) is 10.5 Å². The van der Waals surface area contributed by atoms with Crippen molar-refractivity contribution >= 4 is 88.0 Å². The number of anilines is 2. The second-order valence-electron chi connectivity index (χ2n) is 17.1. The van der Waals surface area contributed by atoms with Crippen LogP contribution in [0.15, 0.2) is 103 Å². The Morgan fingerprint density at radius 3 is 1.78 bits per heavy atom. The molecule has 0 bridgehead atoms. The molecule has 0 aliphatic carbocycles. The van der Waals surface area contributed by atoms with Crippen LogP contribution in [0.1, 0.15) is 149 Å². The number of rotatable bonds is 33. The van der Waals surface area contributed by atoms with E-state index < -0.39 is 7.60 Å². The number of hydrogen-bond acceptors (Lipinski definition) is 10. The van der Waals surface area contributed by atoms with Gasteiger partial charge in [0.25, 0.3) is 0 Å². The number of thiophene rings is 3.